The molecule has 3 aliphatic rings. The third-order valence-electron chi connectivity index (χ3n) is 6.39. The van der Waals surface area contributed by atoms with Gasteiger partial charge < -0.3 is 9.80 Å². The average Bonchev–Trinajstić information content (AvgIpc) is 3.55. The number of nitrogens with zero attached hydrogens (tertiary/aromatic N) is 3. The van der Waals surface area contributed by atoms with E-state index >= 15 is 0 Å². The van der Waals surface area contributed by atoms with Gasteiger partial charge in [0.25, 0.3) is 0 Å². The molecular formula is C25H35N3O2S. The Balaban J connectivity index is 1.31. The van der Waals surface area contributed by atoms with E-state index in [1.807, 2.05) is 28.0 Å². The second kappa shape index (κ2) is 10.2. The minimum atomic E-state index is -0.272. The third kappa shape index (κ3) is 5.72. The molecular weight excluding hydrogens is 406 g/mol. The van der Waals surface area contributed by atoms with Crippen molar-refractivity contribution in [2.24, 2.45) is 11.8 Å². The van der Waals surface area contributed by atoms with Crippen molar-refractivity contribution in [3.05, 3.63) is 42.0 Å². The molecule has 2 heterocycles. The number of amides is 2. The van der Waals surface area contributed by atoms with Crippen LogP contribution in [0.5, 0.6) is 0 Å². The largest absolute Gasteiger partial charge is 0.338 e. The summed E-state index contributed by atoms with van der Waals surface area (Å²) in [5.41, 5.74) is 1.21. The maximum Gasteiger partial charge on any atom is 0.246 e. The highest BCUT2D eigenvalue weighted by Crippen LogP contribution is 2.40. The fraction of sp³-hybridized carbons (Fsp3) is 0.600. The van der Waals surface area contributed by atoms with Crippen molar-refractivity contribution in [2.45, 2.75) is 44.5 Å². The van der Waals surface area contributed by atoms with Crippen molar-refractivity contribution in [2.75, 3.05) is 38.5 Å². The number of hydrogen-bond donors (Lipinski definition) is 0. The van der Waals surface area contributed by atoms with Crippen LogP contribution in [0.15, 0.2) is 36.4 Å². The second-order valence-corrected chi connectivity index (χ2v) is 10.6. The van der Waals surface area contributed by atoms with E-state index in [1.54, 1.807) is 11.8 Å². The van der Waals surface area contributed by atoms with Gasteiger partial charge in [-0.3, -0.25) is 14.5 Å². The van der Waals surface area contributed by atoms with Crippen LogP contribution >= 0.6 is 11.8 Å². The van der Waals surface area contributed by atoms with E-state index in [9.17, 15) is 9.59 Å². The van der Waals surface area contributed by atoms with Crippen molar-refractivity contribution >= 4 is 29.7 Å². The Bertz CT molecular complexity index is 785. The average molecular weight is 442 g/mol. The molecule has 1 aliphatic carbocycles. The number of piperazine rings is 1. The summed E-state index contributed by atoms with van der Waals surface area (Å²) in [5.74, 6) is 1.81. The van der Waals surface area contributed by atoms with Crippen LogP contribution in [0, 0.1) is 11.8 Å². The van der Waals surface area contributed by atoms with Crippen LogP contribution in [0.1, 0.15) is 38.7 Å². The van der Waals surface area contributed by atoms with Crippen LogP contribution in [0.3, 0.4) is 0 Å². The Morgan fingerprint density at radius 3 is 2.42 bits per heavy atom. The first-order chi connectivity index (χ1) is 15.0. The second-order valence-electron chi connectivity index (χ2n) is 9.39. The smallest absolute Gasteiger partial charge is 0.246 e. The van der Waals surface area contributed by atoms with Crippen LogP contribution < -0.4 is 0 Å². The summed E-state index contributed by atoms with van der Waals surface area (Å²) >= 11 is 1.80. The van der Waals surface area contributed by atoms with E-state index in [2.05, 4.69) is 43.0 Å². The zero-order valence-corrected chi connectivity index (χ0v) is 19.6. The van der Waals surface area contributed by atoms with E-state index in [4.69, 9.17) is 0 Å². The van der Waals surface area contributed by atoms with Gasteiger partial charge in [-0.15, -0.1) is 11.8 Å². The molecule has 6 heteroatoms. The van der Waals surface area contributed by atoms with Gasteiger partial charge in [-0.25, -0.2) is 0 Å². The van der Waals surface area contributed by atoms with Crippen LogP contribution in [0.4, 0.5) is 0 Å². The number of carbonyl (C=O) groups is 2. The Morgan fingerprint density at radius 1 is 1.06 bits per heavy atom. The molecule has 2 aliphatic heterocycles. The summed E-state index contributed by atoms with van der Waals surface area (Å²) in [4.78, 5) is 32.7. The van der Waals surface area contributed by atoms with Crippen molar-refractivity contribution in [1.82, 2.24) is 14.7 Å². The quantitative estimate of drug-likeness (QED) is 0.649. The molecule has 1 saturated carbocycles. The number of rotatable bonds is 7. The highest BCUT2D eigenvalue weighted by Gasteiger charge is 2.47. The Labute approximate surface area is 190 Å². The Kier molecular flexibility index (Phi) is 7.39. The molecule has 2 saturated heterocycles. The number of thioether (sulfide) groups is 1. The van der Waals surface area contributed by atoms with Crippen LogP contribution in [0.25, 0.3) is 6.08 Å². The van der Waals surface area contributed by atoms with Gasteiger partial charge in [-0.2, -0.15) is 0 Å². The minimum Gasteiger partial charge on any atom is -0.338 e. The summed E-state index contributed by atoms with van der Waals surface area (Å²) in [5, 5.41) is 0.159. The number of hydrogen-bond acceptors (Lipinski definition) is 4. The lowest BCUT2D eigenvalue weighted by molar-refractivity contribution is -0.146. The van der Waals surface area contributed by atoms with E-state index < -0.39 is 0 Å². The van der Waals surface area contributed by atoms with Gasteiger partial charge in [0.2, 0.25) is 11.8 Å². The molecule has 2 amide bonds. The van der Waals surface area contributed by atoms with Gasteiger partial charge in [0, 0.05) is 44.4 Å². The van der Waals surface area contributed by atoms with Gasteiger partial charge in [0.1, 0.15) is 6.04 Å². The summed E-state index contributed by atoms with van der Waals surface area (Å²) in [7, 11) is 0. The third-order valence-corrected chi connectivity index (χ3v) is 7.70. The predicted molar refractivity (Wildman–Crippen MR) is 128 cm³/mol. The van der Waals surface area contributed by atoms with E-state index in [1.165, 1.54) is 5.56 Å². The first-order valence-electron chi connectivity index (χ1n) is 11.7. The van der Waals surface area contributed by atoms with Crippen LogP contribution in [-0.4, -0.2) is 76.4 Å². The van der Waals surface area contributed by atoms with Crippen molar-refractivity contribution in [1.29, 1.82) is 0 Å². The summed E-state index contributed by atoms with van der Waals surface area (Å²) in [6.07, 6.45) is 7.31. The highest BCUT2D eigenvalue weighted by molar-refractivity contribution is 8.00. The summed E-state index contributed by atoms with van der Waals surface area (Å²) < 4.78 is 0. The van der Waals surface area contributed by atoms with Gasteiger partial charge >= 0.3 is 0 Å². The molecule has 0 aromatic heterocycles. The van der Waals surface area contributed by atoms with Crippen molar-refractivity contribution in [3.8, 4) is 0 Å². The SMILES string of the molecule is CC(C)CC1SCC(C(=O)N2CCN(C/C=C/c3ccccc3)CC2)N1C(=O)C1CC1. The van der Waals surface area contributed by atoms with Gasteiger partial charge in [0.05, 0.1) is 5.37 Å². The molecule has 5 nitrogen and oxygen atoms in total. The molecule has 0 spiro atoms. The molecule has 168 valence electrons. The van der Waals surface area contributed by atoms with Crippen molar-refractivity contribution in [3.63, 3.8) is 0 Å². The zero-order valence-electron chi connectivity index (χ0n) is 18.8. The van der Waals surface area contributed by atoms with Gasteiger partial charge in [0.15, 0.2) is 0 Å². The van der Waals surface area contributed by atoms with Crippen LogP contribution in [0.2, 0.25) is 0 Å². The molecule has 31 heavy (non-hydrogen) atoms. The Morgan fingerprint density at radius 2 is 1.77 bits per heavy atom. The number of benzene rings is 1. The summed E-state index contributed by atoms with van der Waals surface area (Å²) in [6, 6.07) is 10.1. The maximum atomic E-state index is 13.4. The zero-order chi connectivity index (χ0) is 21.8. The fourth-order valence-electron chi connectivity index (χ4n) is 4.44. The molecule has 2 unspecified atom stereocenters. The minimum absolute atomic E-state index is 0.159. The molecule has 3 fully saturated rings. The monoisotopic (exact) mass is 441 g/mol. The van der Waals surface area contributed by atoms with Crippen LogP contribution in [-0.2, 0) is 9.59 Å². The fourth-order valence-corrected chi connectivity index (χ4v) is 6.08. The molecule has 4 rings (SSSR count). The van der Waals surface area contributed by atoms with Crippen molar-refractivity contribution < 1.29 is 9.59 Å². The topological polar surface area (TPSA) is 43.9 Å². The molecule has 0 radical (unpaired) electrons. The highest BCUT2D eigenvalue weighted by atomic mass is 32.2. The lowest BCUT2D eigenvalue weighted by atomic mass is 10.1. The molecule has 1 aromatic rings. The first-order valence-corrected chi connectivity index (χ1v) is 12.7. The molecule has 0 N–H and O–H groups in total. The van der Waals surface area contributed by atoms with E-state index in [0.29, 0.717) is 5.92 Å². The van der Waals surface area contributed by atoms with Gasteiger partial charge in [-0.05, 0) is 30.7 Å². The Hall–Kier alpha value is -1.79. The molecule has 1 aromatic carbocycles. The number of carbonyl (C=O) groups excluding carboxylic acids is 2. The summed E-state index contributed by atoms with van der Waals surface area (Å²) in [6.45, 7) is 8.56. The van der Waals surface area contributed by atoms with E-state index in [-0.39, 0.29) is 29.1 Å². The predicted octanol–water partition coefficient (Wildman–Crippen LogP) is 3.57. The molecule has 2 atom stereocenters. The van der Waals surface area contributed by atoms with Gasteiger partial charge in [-0.1, -0.05) is 56.3 Å². The standard InChI is InChI=1S/C25H35N3O2S/c1-19(2)17-23-28(24(29)21-10-11-21)22(18-31-23)25(30)27-15-13-26(14-16-27)12-6-9-20-7-4-3-5-8-20/h3-9,19,21-23H,10-18H2,1-2H3/b9-6+. The van der Waals surface area contributed by atoms with E-state index in [0.717, 1.165) is 57.7 Å². The molecule has 0 bridgehead atoms. The first kappa shape index (κ1) is 22.4. The maximum absolute atomic E-state index is 13.4. The normalized spacial score (nSPS) is 25.0. The lowest BCUT2D eigenvalue weighted by Crippen LogP contribution is -2.56. The lowest BCUT2D eigenvalue weighted by Gasteiger charge is -2.37.